The summed E-state index contributed by atoms with van der Waals surface area (Å²) in [5, 5.41) is 0. The van der Waals surface area contributed by atoms with Gasteiger partial charge >= 0.3 is 0 Å². The molecule has 0 fully saturated rings. The molecule has 0 radical (unpaired) electrons. The van der Waals surface area contributed by atoms with E-state index < -0.39 is 10.1 Å². The average molecular weight is 364 g/mol. The lowest BCUT2D eigenvalue weighted by Crippen LogP contribution is -2.13. The minimum atomic E-state index is -3.46. The second-order valence-electron chi connectivity index (χ2n) is 5.97. The van der Waals surface area contributed by atoms with Gasteiger partial charge < -0.3 is 9.47 Å². The lowest BCUT2D eigenvalue weighted by molar-refractivity contribution is 0.165. The van der Waals surface area contributed by atoms with Gasteiger partial charge in [0, 0.05) is 6.42 Å². The van der Waals surface area contributed by atoms with Gasteiger partial charge in [0.15, 0.2) is 0 Å². The van der Waals surface area contributed by atoms with Gasteiger partial charge in [-0.25, -0.2) is 0 Å². The van der Waals surface area contributed by atoms with Gasteiger partial charge in [-0.1, -0.05) is 30.3 Å². The fraction of sp³-hybridized carbons (Fsp3) is 0.368. The molecule has 0 aliphatic heterocycles. The molecule has 5 nitrogen and oxygen atoms in total. The molecule has 0 saturated carbocycles. The van der Waals surface area contributed by atoms with Gasteiger partial charge in [-0.05, 0) is 43.7 Å². The normalized spacial score (nSPS) is 12.8. The third-order valence-corrected chi connectivity index (χ3v) is 3.92. The molecule has 0 aliphatic rings. The maximum atomic E-state index is 11.2. The zero-order valence-corrected chi connectivity index (χ0v) is 15.5. The molecule has 0 saturated heterocycles. The summed E-state index contributed by atoms with van der Waals surface area (Å²) in [4.78, 5) is 0. The topological polar surface area (TPSA) is 61.8 Å². The van der Waals surface area contributed by atoms with E-state index in [4.69, 9.17) is 13.7 Å². The number of rotatable bonds is 9. The van der Waals surface area contributed by atoms with Gasteiger partial charge in [0.2, 0.25) is 0 Å². The Morgan fingerprint density at radius 2 is 1.44 bits per heavy atom. The lowest BCUT2D eigenvalue weighted by Gasteiger charge is -2.20. The van der Waals surface area contributed by atoms with E-state index in [9.17, 15) is 8.42 Å². The van der Waals surface area contributed by atoms with Crippen LogP contribution in [0, 0.1) is 0 Å². The van der Waals surface area contributed by atoms with E-state index in [0.717, 1.165) is 17.6 Å². The molecule has 2 aromatic rings. The van der Waals surface area contributed by atoms with Gasteiger partial charge in [0.05, 0.1) is 19.0 Å². The van der Waals surface area contributed by atoms with Crippen LogP contribution >= 0.6 is 0 Å². The van der Waals surface area contributed by atoms with E-state index in [1.807, 2.05) is 68.4 Å². The molecule has 0 aliphatic carbocycles. The van der Waals surface area contributed by atoms with Crippen LogP contribution in [-0.2, 0) is 14.3 Å². The molecular formula is C19H24O5S. The molecule has 0 amide bonds. The summed E-state index contributed by atoms with van der Waals surface area (Å²) in [6, 6.07) is 17.0. The van der Waals surface area contributed by atoms with Crippen molar-refractivity contribution in [1.29, 1.82) is 0 Å². The van der Waals surface area contributed by atoms with Crippen LogP contribution in [0.4, 0.5) is 0 Å². The first-order valence-electron chi connectivity index (χ1n) is 8.16. The van der Waals surface area contributed by atoms with Crippen LogP contribution in [0.5, 0.6) is 11.5 Å². The van der Waals surface area contributed by atoms with E-state index in [-0.39, 0.29) is 18.8 Å². The molecule has 0 heterocycles. The summed E-state index contributed by atoms with van der Waals surface area (Å²) in [6.45, 7) is 4.00. The predicted octanol–water partition coefficient (Wildman–Crippen LogP) is 3.96. The van der Waals surface area contributed by atoms with Crippen LogP contribution in [-0.4, -0.2) is 27.4 Å². The molecule has 6 heteroatoms. The first-order chi connectivity index (χ1) is 11.8. The first kappa shape index (κ1) is 19.3. The molecule has 2 aromatic carbocycles. The largest absolute Gasteiger partial charge is 0.491 e. The highest BCUT2D eigenvalue weighted by Crippen LogP contribution is 2.27. The third kappa shape index (κ3) is 7.15. The minimum Gasteiger partial charge on any atom is -0.491 e. The van der Waals surface area contributed by atoms with Crippen LogP contribution in [0.15, 0.2) is 54.6 Å². The zero-order chi connectivity index (χ0) is 18.3. The second kappa shape index (κ2) is 8.87. The Kier molecular flexibility index (Phi) is 6.84. The second-order valence-corrected chi connectivity index (χ2v) is 7.61. The smallest absolute Gasteiger partial charge is 0.264 e. The maximum Gasteiger partial charge on any atom is 0.264 e. The van der Waals surface area contributed by atoms with Crippen molar-refractivity contribution in [2.45, 2.75) is 32.5 Å². The zero-order valence-electron chi connectivity index (χ0n) is 14.7. The molecular weight excluding hydrogens is 340 g/mol. The quantitative estimate of drug-likeness (QED) is 0.630. The van der Waals surface area contributed by atoms with Crippen molar-refractivity contribution in [1.82, 2.24) is 0 Å². The van der Waals surface area contributed by atoms with Gasteiger partial charge in [-0.2, -0.15) is 8.42 Å². The Hall–Kier alpha value is -2.05. The fourth-order valence-electron chi connectivity index (χ4n) is 2.30. The van der Waals surface area contributed by atoms with Crippen LogP contribution in [0.25, 0.3) is 0 Å². The minimum absolute atomic E-state index is 0.0624. The Bertz CT molecular complexity index is 739. The summed E-state index contributed by atoms with van der Waals surface area (Å²) in [7, 11) is -3.46. The van der Waals surface area contributed by atoms with Gasteiger partial charge in [-0.15, -0.1) is 0 Å². The van der Waals surface area contributed by atoms with Crippen molar-refractivity contribution in [3.8, 4) is 11.5 Å². The Labute approximate surface area is 149 Å². The monoisotopic (exact) mass is 364 g/mol. The predicted molar refractivity (Wildman–Crippen MR) is 97.4 cm³/mol. The number of ether oxygens (including phenoxy) is 2. The summed E-state index contributed by atoms with van der Waals surface area (Å²) in [5.41, 5.74) is 0.960. The summed E-state index contributed by atoms with van der Waals surface area (Å²) in [6.07, 6.45) is 1.26. The molecule has 0 spiro atoms. The Morgan fingerprint density at radius 3 is 1.96 bits per heavy atom. The highest BCUT2D eigenvalue weighted by atomic mass is 32.2. The fourth-order valence-corrected chi connectivity index (χ4v) is 2.70. The van der Waals surface area contributed by atoms with E-state index in [0.29, 0.717) is 12.2 Å². The Morgan fingerprint density at radius 1 is 0.880 bits per heavy atom. The molecule has 136 valence electrons. The van der Waals surface area contributed by atoms with Crippen LogP contribution in [0.3, 0.4) is 0 Å². The number of hydrogen-bond acceptors (Lipinski definition) is 5. The maximum absolute atomic E-state index is 11.2. The van der Waals surface area contributed by atoms with Crippen molar-refractivity contribution in [3.05, 3.63) is 60.2 Å². The number of hydrogen-bond donors (Lipinski definition) is 0. The molecule has 1 unspecified atom stereocenters. The van der Waals surface area contributed by atoms with E-state index in [2.05, 4.69) is 0 Å². The molecule has 0 bridgehead atoms. The van der Waals surface area contributed by atoms with Gasteiger partial charge in [0.1, 0.15) is 17.6 Å². The van der Waals surface area contributed by atoms with Gasteiger partial charge in [0.25, 0.3) is 10.1 Å². The van der Waals surface area contributed by atoms with E-state index in [1.54, 1.807) is 0 Å². The van der Waals surface area contributed by atoms with Crippen molar-refractivity contribution in [2.24, 2.45) is 0 Å². The van der Waals surface area contributed by atoms with Crippen molar-refractivity contribution in [2.75, 3.05) is 12.9 Å². The summed E-state index contributed by atoms with van der Waals surface area (Å²) < 4.78 is 38.8. The highest BCUT2D eigenvalue weighted by Gasteiger charge is 2.15. The van der Waals surface area contributed by atoms with Crippen molar-refractivity contribution < 1.29 is 22.1 Å². The van der Waals surface area contributed by atoms with Crippen LogP contribution in [0.1, 0.15) is 31.9 Å². The first-order valence-corrected chi connectivity index (χ1v) is 9.98. The summed E-state index contributed by atoms with van der Waals surface area (Å²) >= 11 is 0. The molecule has 1 atom stereocenters. The summed E-state index contributed by atoms with van der Waals surface area (Å²) in [5.74, 6) is 1.46. The number of benzene rings is 2. The SMILES string of the molecule is CC(C)Oc1ccc(OC(CCOS(C)(=O)=O)c2ccccc2)cc1. The molecule has 2 rings (SSSR count). The molecule has 0 aromatic heterocycles. The van der Waals surface area contributed by atoms with Crippen LogP contribution in [0.2, 0.25) is 0 Å². The Balaban J connectivity index is 2.07. The van der Waals surface area contributed by atoms with Crippen molar-refractivity contribution in [3.63, 3.8) is 0 Å². The average Bonchev–Trinajstić information content (AvgIpc) is 2.55. The van der Waals surface area contributed by atoms with Crippen molar-refractivity contribution >= 4 is 10.1 Å². The third-order valence-electron chi connectivity index (χ3n) is 3.32. The van der Waals surface area contributed by atoms with Crippen LogP contribution < -0.4 is 9.47 Å². The van der Waals surface area contributed by atoms with Gasteiger partial charge in [-0.3, -0.25) is 4.18 Å². The molecule has 0 N–H and O–H groups in total. The van der Waals surface area contributed by atoms with E-state index in [1.165, 1.54) is 0 Å². The highest BCUT2D eigenvalue weighted by molar-refractivity contribution is 7.85. The lowest BCUT2D eigenvalue weighted by atomic mass is 10.1. The molecule has 25 heavy (non-hydrogen) atoms. The standard InChI is InChI=1S/C19H24O5S/c1-15(2)23-17-9-11-18(12-10-17)24-19(13-14-22-25(3,20)21)16-7-5-4-6-8-16/h4-12,15,19H,13-14H2,1-3H3. The van der Waals surface area contributed by atoms with E-state index >= 15 is 0 Å².